The normalized spacial score (nSPS) is 12.1. The van der Waals surface area contributed by atoms with Gasteiger partial charge in [0.1, 0.15) is 11.4 Å². The van der Waals surface area contributed by atoms with E-state index in [9.17, 15) is 9.59 Å². The lowest BCUT2D eigenvalue weighted by Gasteiger charge is -2.32. The zero-order chi connectivity index (χ0) is 20.9. The van der Waals surface area contributed by atoms with Gasteiger partial charge in [-0.15, -0.1) is 0 Å². The van der Waals surface area contributed by atoms with Gasteiger partial charge in [0, 0.05) is 5.69 Å². The van der Waals surface area contributed by atoms with Crippen molar-refractivity contribution in [3.8, 4) is 5.75 Å². The molecular weight excluding hydrogens is 358 g/mol. The van der Waals surface area contributed by atoms with Crippen molar-refractivity contribution in [3.05, 3.63) is 59.7 Å². The average molecular weight is 385 g/mol. The first kappa shape index (κ1) is 21.3. The van der Waals surface area contributed by atoms with Gasteiger partial charge in [-0.1, -0.05) is 29.8 Å². The van der Waals surface area contributed by atoms with Crippen LogP contribution >= 0.6 is 0 Å². The van der Waals surface area contributed by atoms with Crippen molar-refractivity contribution in [2.45, 2.75) is 39.3 Å². The second-order valence-electron chi connectivity index (χ2n) is 7.38. The highest BCUT2D eigenvalue weighted by atomic mass is 16.6. The third-order valence-electron chi connectivity index (χ3n) is 4.02. The topological polar surface area (TPSA) is 65.1 Å². The van der Waals surface area contributed by atoms with E-state index in [2.05, 4.69) is 0 Å². The van der Waals surface area contributed by atoms with Crippen LogP contribution in [0.4, 0.5) is 10.5 Å². The van der Waals surface area contributed by atoms with Crippen LogP contribution in [0.5, 0.6) is 5.75 Å². The SMILES string of the molecule is COC(=O)[C@@H](c1ccc(C)cc1)N(C(=O)OC(C)(C)C)c1ccc(OC)cc1. The van der Waals surface area contributed by atoms with E-state index in [4.69, 9.17) is 14.2 Å². The van der Waals surface area contributed by atoms with Crippen LogP contribution in [0.3, 0.4) is 0 Å². The number of benzene rings is 2. The Hall–Kier alpha value is -3.02. The Balaban J connectivity index is 2.58. The maximum absolute atomic E-state index is 13.1. The van der Waals surface area contributed by atoms with Gasteiger partial charge in [0.25, 0.3) is 0 Å². The molecule has 150 valence electrons. The highest BCUT2D eigenvalue weighted by molar-refractivity contribution is 5.96. The van der Waals surface area contributed by atoms with Gasteiger partial charge >= 0.3 is 12.1 Å². The summed E-state index contributed by atoms with van der Waals surface area (Å²) in [4.78, 5) is 27.1. The van der Waals surface area contributed by atoms with E-state index in [1.165, 1.54) is 12.0 Å². The number of carbonyl (C=O) groups excluding carboxylic acids is 2. The highest BCUT2D eigenvalue weighted by Crippen LogP contribution is 2.31. The quantitative estimate of drug-likeness (QED) is 0.701. The summed E-state index contributed by atoms with van der Waals surface area (Å²) in [5.74, 6) is 0.0726. The Labute approximate surface area is 166 Å². The van der Waals surface area contributed by atoms with Gasteiger partial charge in [-0.05, 0) is 57.5 Å². The van der Waals surface area contributed by atoms with E-state index in [1.807, 2.05) is 19.1 Å². The van der Waals surface area contributed by atoms with Crippen molar-refractivity contribution in [1.29, 1.82) is 0 Å². The molecule has 0 bridgehead atoms. The summed E-state index contributed by atoms with van der Waals surface area (Å²) in [7, 11) is 2.86. The Morgan fingerprint density at radius 3 is 1.96 bits per heavy atom. The summed E-state index contributed by atoms with van der Waals surface area (Å²) in [6, 6.07) is 13.2. The van der Waals surface area contributed by atoms with Crippen LogP contribution in [-0.4, -0.2) is 31.9 Å². The number of ether oxygens (including phenoxy) is 3. The number of carbonyl (C=O) groups is 2. The van der Waals surface area contributed by atoms with Gasteiger partial charge in [0.15, 0.2) is 6.04 Å². The van der Waals surface area contributed by atoms with Gasteiger partial charge in [-0.3, -0.25) is 4.90 Å². The standard InChI is InChI=1S/C22H27NO5/c1-15-7-9-16(10-8-15)19(20(24)27-6)23(21(25)28-22(2,3)4)17-11-13-18(26-5)14-12-17/h7-14,19H,1-6H3/t19-/m1/s1. The number of aryl methyl sites for hydroxylation is 1. The van der Waals surface area contributed by atoms with E-state index in [0.29, 0.717) is 17.0 Å². The zero-order valence-electron chi connectivity index (χ0n) is 17.2. The number of amides is 1. The van der Waals surface area contributed by atoms with E-state index in [-0.39, 0.29) is 0 Å². The Morgan fingerprint density at radius 1 is 0.929 bits per heavy atom. The lowest BCUT2D eigenvalue weighted by Crippen LogP contribution is -2.42. The van der Waals surface area contributed by atoms with Crippen LogP contribution in [0, 0.1) is 6.92 Å². The number of rotatable bonds is 5. The maximum Gasteiger partial charge on any atom is 0.415 e. The molecule has 0 spiro atoms. The fourth-order valence-corrected chi connectivity index (χ4v) is 2.66. The Kier molecular flexibility index (Phi) is 6.67. The number of hydrogen-bond donors (Lipinski definition) is 0. The van der Waals surface area contributed by atoms with Crippen molar-refractivity contribution in [2.75, 3.05) is 19.1 Å². The summed E-state index contributed by atoms with van der Waals surface area (Å²) < 4.78 is 15.8. The summed E-state index contributed by atoms with van der Waals surface area (Å²) in [6.45, 7) is 7.27. The van der Waals surface area contributed by atoms with Gasteiger partial charge in [0.05, 0.1) is 14.2 Å². The van der Waals surface area contributed by atoms with Crippen LogP contribution < -0.4 is 9.64 Å². The second kappa shape index (κ2) is 8.78. The number of esters is 1. The molecule has 28 heavy (non-hydrogen) atoms. The van der Waals surface area contributed by atoms with Crippen molar-refractivity contribution in [3.63, 3.8) is 0 Å². The number of nitrogens with zero attached hydrogens (tertiary/aromatic N) is 1. The largest absolute Gasteiger partial charge is 0.497 e. The second-order valence-corrected chi connectivity index (χ2v) is 7.38. The minimum absolute atomic E-state index is 0.492. The van der Waals surface area contributed by atoms with Crippen molar-refractivity contribution < 1.29 is 23.8 Å². The molecule has 0 heterocycles. The van der Waals surface area contributed by atoms with E-state index >= 15 is 0 Å². The molecule has 0 aliphatic carbocycles. The lowest BCUT2D eigenvalue weighted by molar-refractivity contribution is -0.142. The van der Waals surface area contributed by atoms with Gasteiger partial charge < -0.3 is 14.2 Å². The first-order chi connectivity index (χ1) is 13.2. The molecule has 0 aliphatic heterocycles. The molecule has 0 saturated heterocycles. The molecule has 2 aromatic carbocycles. The fraction of sp³-hybridized carbons (Fsp3) is 0.364. The van der Waals surface area contributed by atoms with E-state index in [1.54, 1.807) is 64.3 Å². The third-order valence-corrected chi connectivity index (χ3v) is 4.02. The van der Waals surface area contributed by atoms with E-state index < -0.39 is 23.7 Å². The molecule has 0 fully saturated rings. The summed E-state index contributed by atoms with van der Waals surface area (Å²) in [5.41, 5.74) is 1.43. The highest BCUT2D eigenvalue weighted by Gasteiger charge is 2.36. The van der Waals surface area contributed by atoms with Crippen molar-refractivity contribution in [1.82, 2.24) is 0 Å². The molecule has 0 aromatic heterocycles. The number of hydrogen-bond acceptors (Lipinski definition) is 5. The smallest absolute Gasteiger partial charge is 0.415 e. The predicted octanol–water partition coefficient (Wildman–Crippen LogP) is 4.66. The van der Waals surface area contributed by atoms with Crippen LogP contribution in [0.25, 0.3) is 0 Å². The van der Waals surface area contributed by atoms with E-state index in [0.717, 1.165) is 5.56 Å². The minimum Gasteiger partial charge on any atom is -0.497 e. The molecule has 6 heteroatoms. The molecule has 0 radical (unpaired) electrons. The predicted molar refractivity (Wildman–Crippen MR) is 108 cm³/mol. The monoisotopic (exact) mass is 385 g/mol. The molecule has 0 unspecified atom stereocenters. The molecule has 0 saturated carbocycles. The van der Waals surface area contributed by atoms with Crippen LogP contribution in [0.15, 0.2) is 48.5 Å². The molecule has 0 N–H and O–H groups in total. The number of anilines is 1. The van der Waals surface area contributed by atoms with Gasteiger partial charge in [-0.25, -0.2) is 9.59 Å². The first-order valence-corrected chi connectivity index (χ1v) is 8.97. The first-order valence-electron chi connectivity index (χ1n) is 8.97. The third kappa shape index (κ3) is 5.25. The minimum atomic E-state index is -0.992. The van der Waals surface area contributed by atoms with Crippen molar-refractivity contribution >= 4 is 17.7 Å². The van der Waals surface area contributed by atoms with Gasteiger partial charge in [0.2, 0.25) is 0 Å². The molecule has 0 aliphatic rings. The molecule has 2 rings (SSSR count). The van der Waals surface area contributed by atoms with Crippen LogP contribution in [-0.2, 0) is 14.3 Å². The zero-order valence-corrected chi connectivity index (χ0v) is 17.2. The maximum atomic E-state index is 13.1. The molecule has 1 atom stereocenters. The summed E-state index contributed by atoms with van der Waals surface area (Å²) in [5, 5.41) is 0. The average Bonchev–Trinajstić information content (AvgIpc) is 2.65. The molecule has 1 amide bonds. The number of methoxy groups -OCH3 is 2. The summed E-state index contributed by atoms with van der Waals surface area (Å²) >= 11 is 0. The molecule has 2 aromatic rings. The van der Waals surface area contributed by atoms with Crippen LogP contribution in [0.1, 0.15) is 37.9 Å². The van der Waals surface area contributed by atoms with Gasteiger partial charge in [-0.2, -0.15) is 0 Å². The Bertz CT molecular complexity index is 806. The summed E-state index contributed by atoms with van der Waals surface area (Å²) in [6.07, 6.45) is -0.645. The Morgan fingerprint density at radius 2 is 1.50 bits per heavy atom. The van der Waals surface area contributed by atoms with Crippen molar-refractivity contribution in [2.24, 2.45) is 0 Å². The fourth-order valence-electron chi connectivity index (χ4n) is 2.66. The molecular formula is C22H27NO5. The lowest BCUT2D eigenvalue weighted by atomic mass is 10.0. The van der Waals surface area contributed by atoms with Crippen LogP contribution in [0.2, 0.25) is 0 Å². The molecule has 6 nitrogen and oxygen atoms in total.